The van der Waals surface area contributed by atoms with Crippen molar-refractivity contribution in [3.05, 3.63) is 133 Å². The van der Waals surface area contributed by atoms with Crippen LogP contribution >= 0.6 is 0 Å². The first kappa shape index (κ1) is 28.7. The van der Waals surface area contributed by atoms with Gasteiger partial charge in [-0.05, 0) is 110 Å². The number of benzene rings is 4. The van der Waals surface area contributed by atoms with Gasteiger partial charge < -0.3 is 9.47 Å². The summed E-state index contributed by atoms with van der Waals surface area (Å²) in [6.07, 6.45) is 2.01. The Morgan fingerprint density at radius 3 is 1.78 bits per heavy atom. The summed E-state index contributed by atoms with van der Waals surface area (Å²) in [7, 11) is 3.30. The minimum absolute atomic E-state index is 0.316. The van der Waals surface area contributed by atoms with Crippen LogP contribution in [0.2, 0.25) is 0 Å². The Hall–Kier alpha value is -6.09. The number of nitrogens with zero attached hydrogens (tertiary/aromatic N) is 6. The van der Waals surface area contributed by atoms with Gasteiger partial charge in [0.1, 0.15) is 28.7 Å². The normalized spacial score (nSPS) is 11.0. The standard InChI is InChI=1S/C37H29FN6O2/c1-24-36(40-42-44(24)30-15-13-28(38)14-16-30)37-33(23-43(41-37)29-7-5-4-6-8-29)27-21-34(25-9-17-31(45-2)18-10-25)39-35(22-27)26-11-19-32(46-3)20-12-26/h4-23H,1-3H3. The van der Waals surface area contributed by atoms with E-state index in [9.17, 15) is 4.39 Å². The van der Waals surface area contributed by atoms with Crippen LogP contribution in [0.3, 0.4) is 0 Å². The third-order valence-corrected chi connectivity index (χ3v) is 7.83. The molecule has 0 fully saturated rings. The van der Waals surface area contributed by atoms with Crippen LogP contribution in [0, 0.1) is 12.7 Å². The number of rotatable bonds is 8. The lowest BCUT2D eigenvalue weighted by Crippen LogP contribution is -1.99. The van der Waals surface area contributed by atoms with E-state index in [4.69, 9.17) is 19.6 Å². The minimum atomic E-state index is -0.316. The molecule has 226 valence electrons. The largest absolute Gasteiger partial charge is 0.497 e. The average Bonchev–Trinajstić information content (AvgIpc) is 3.73. The first-order chi connectivity index (χ1) is 22.5. The molecule has 0 bridgehead atoms. The topological polar surface area (TPSA) is 79.9 Å². The third kappa shape index (κ3) is 5.50. The minimum Gasteiger partial charge on any atom is -0.497 e. The van der Waals surface area contributed by atoms with Gasteiger partial charge in [0, 0.05) is 22.9 Å². The number of aromatic nitrogens is 6. The van der Waals surface area contributed by atoms with Crippen LogP contribution in [0.5, 0.6) is 11.5 Å². The van der Waals surface area contributed by atoms with Gasteiger partial charge in [0.25, 0.3) is 0 Å². The van der Waals surface area contributed by atoms with Crippen molar-refractivity contribution in [1.82, 2.24) is 29.8 Å². The summed E-state index contributed by atoms with van der Waals surface area (Å²) in [5, 5.41) is 14.1. The van der Waals surface area contributed by atoms with Gasteiger partial charge in [0.2, 0.25) is 0 Å². The van der Waals surface area contributed by atoms with Crippen LogP contribution in [0.1, 0.15) is 5.69 Å². The molecule has 7 aromatic rings. The van der Waals surface area contributed by atoms with E-state index in [2.05, 4.69) is 22.4 Å². The maximum atomic E-state index is 13.7. The maximum Gasteiger partial charge on any atom is 0.137 e. The van der Waals surface area contributed by atoms with E-state index in [0.29, 0.717) is 17.1 Å². The zero-order valence-electron chi connectivity index (χ0n) is 25.4. The predicted octanol–water partition coefficient (Wildman–Crippen LogP) is 7.98. The number of halogens is 1. The summed E-state index contributed by atoms with van der Waals surface area (Å²) < 4.78 is 28.0. The summed E-state index contributed by atoms with van der Waals surface area (Å²) in [5.74, 6) is 1.21. The molecule has 3 heterocycles. The zero-order valence-corrected chi connectivity index (χ0v) is 25.4. The SMILES string of the molecule is COc1ccc(-c2cc(-c3cn(-c4ccccc4)nc3-c3nnn(-c4ccc(F)cc4)c3C)cc(-c3ccc(OC)cc3)n2)cc1. The van der Waals surface area contributed by atoms with Gasteiger partial charge >= 0.3 is 0 Å². The molecule has 9 heteroatoms. The summed E-state index contributed by atoms with van der Waals surface area (Å²) in [5.41, 5.74) is 8.85. The third-order valence-electron chi connectivity index (χ3n) is 7.83. The highest BCUT2D eigenvalue weighted by Crippen LogP contribution is 2.37. The summed E-state index contributed by atoms with van der Waals surface area (Å²) in [6.45, 7) is 1.93. The number of ether oxygens (including phenoxy) is 2. The van der Waals surface area contributed by atoms with Gasteiger partial charge in [-0.2, -0.15) is 5.10 Å². The van der Waals surface area contributed by atoms with Crippen LogP contribution in [0.4, 0.5) is 4.39 Å². The van der Waals surface area contributed by atoms with Gasteiger partial charge in [0.15, 0.2) is 0 Å². The Morgan fingerprint density at radius 1 is 0.630 bits per heavy atom. The number of hydrogen-bond donors (Lipinski definition) is 0. The summed E-state index contributed by atoms with van der Waals surface area (Å²) in [6, 6.07) is 35.9. The molecule has 0 aliphatic carbocycles. The van der Waals surface area contributed by atoms with Crippen LogP contribution in [-0.4, -0.2) is 44.0 Å². The molecule has 3 aromatic heterocycles. The molecule has 8 nitrogen and oxygen atoms in total. The first-order valence-electron chi connectivity index (χ1n) is 14.7. The monoisotopic (exact) mass is 608 g/mol. The van der Waals surface area contributed by atoms with Crippen LogP contribution in [0.15, 0.2) is 121 Å². The number of pyridine rings is 1. The summed E-state index contributed by atoms with van der Waals surface area (Å²) >= 11 is 0. The lowest BCUT2D eigenvalue weighted by Gasteiger charge is -2.11. The van der Waals surface area contributed by atoms with Gasteiger partial charge in [-0.3, -0.25) is 0 Å². The van der Waals surface area contributed by atoms with Crippen molar-refractivity contribution < 1.29 is 13.9 Å². The number of methoxy groups -OCH3 is 2. The van der Waals surface area contributed by atoms with Crippen LogP contribution in [0.25, 0.3) is 56.4 Å². The number of hydrogen-bond acceptors (Lipinski definition) is 6. The van der Waals surface area contributed by atoms with E-state index in [1.165, 1.54) is 12.1 Å². The first-order valence-corrected chi connectivity index (χ1v) is 14.7. The lowest BCUT2D eigenvalue weighted by molar-refractivity contribution is 0.415. The highest BCUT2D eigenvalue weighted by atomic mass is 19.1. The molecule has 0 aliphatic heterocycles. The Labute approximate surface area is 265 Å². The quantitative estimate of drug-likeness (QED) is 0.174. The smallest absolute Gasteiger partial charge is 0.137 e. The van der Waals surface area contributed by atoms with E-state index in [0.717, 1.165) is 56.5 Å². The van der Waals surface area contributed by atoms with Gasteiger partial charge in [-0.25, -0.2) is 18.7 Å². The van der Waals surface area contributed by atoms with E-state index in [1.807, 2.05) is 96.7 Å². The van der Waals surface area contributed by atoms with Gasteiger partial charge in [-0.15, -0.1) is 5.10 Å². The van der Waals surface area contributed by atoms with Gasteiger partial charge in [0.05, 0.1) is 42.7 Å². The Morgan fingerprint density at radius 2 is 1.22 bits per heavy atom. The molecule has 0 saturated heterocycles. The van der Waals surface area contributed by atoms with Crippen LogP contribution < -0.4 is 9.47 Å². The molecule has 0 spiro atoms. The van der Waals surface area contributed by atoms with E-state index >= 15 is 0 Å². The van der Waals surface area contributed by atoms with Crippen molar-refractivity contribution in [3.8, 4) is 67.9 Å². The fourth-order valence-corrected chi connectivity index (χ4v) is 5.35. The summed E-state index contributed by atoms with van der Waals surface area (Å²) in [4.78, 5) is 5.07. The Kier molecular flexibility index (Phi) is 7.56. The lowest BCUT2D eigenvalue weighted by atomic mass is 9.99. The molecule has 4 aromatic carbocycles. The second kappa shape index (κ2) is 12.1. The van der Waals surface area contributed by atoms with Crippen molar-refractivity contribution in [2.45, 2.75) is 6.92 Å². The average molecular weight is 609 g/mol. The number of para-hydroxylation sites is 1. The van der Waals surface area contributed by atoms with E-state index in [-0.39, 0.29) is 5.82 Å². The zero-order chi connectivity index (χ0) is 31.6. The molecule has 0 amide bonds. The molecular formula is C37H29FN6O2. The Balaban J connectivity index is 1.43. The molecule has 0 N–H and O–H groups in total. The molecule has 46 heavy (non-hydrogen) atoms. The van der Waals surface area contributed by atoms with Crippen molar-refractivity contribution in [1.29, 1.82) is 0 Å². The molecule has 0 aliphatic rings. The van der Waals surface area contributed by atoms with E-state index < -0.39 is 0 Å². The molecule has 0 atom stereocenters. The molecule has 0 saturated carbocycles. The Bertz CT molecular complexity index is 2060. The highest BCUT2D eigenvalue weighted by molar-refractivity contribution is 5.84. The predicted molar refractivity (Wildman–Crippen MR) is 176 cm³/mol. The molecule has 7 rings (SSSR count). The van der Waals surface area contributed by atoms with E-state index in [1.54, 1.807) is 31.0 Å². The molecule has 0 radical (unpaired) electrons. The molecule has 0 unspecified atom stereocenters. The van der Waals surface area contributed by atoms with Crippen molar-refractivity contribution in [2.24, 2.45) is 0 Å². The van der Waals surface area contributed by atoms with Crippen molar-refractivity contribution >= 4 is 0 Å². The van der Waals surface area contributed by atoms with Crippen molar-refractivity contribution in [2.75, 3.05) is 14.2 Å². The van der Waals surface area contributed by atoms with Gasteiger partial charge in [-0.1, -0.05) is 23.4 Å². The second-order valence-corrected chi connectivity index (χ2v) is 10.7. The fourth-order valence-electron chi connectivity index (χ4n) is 5.35. The molecular weight excluding hydrogens is 579 g/mol. The fraction of sp³-hybridized carbons (Fsp3) is 0.0811. The second-order valence-electron chi connectivity index (χ2n) is 10.7. The maximum absolute atomic E-state index is 13.7. The highest BCUT2D eigenvalue weighted by Gasteiger charge is 2.22. The van der Waals surface area contributed by atoms with Crippen molar-refractivity contribution in [3.63, 3.8) is 0 Å². The van der Waals surface area contributed by atoms with Crippen LogP contribution in [-0.2, 0) is 0 Å².